The molecule has 2 rings (SSSR count). The van der Waals surface area contributed by atoms with Gasteiger partial charge in [0.15, 0.2) is 0 Å². The summed E-state index contributed by atoms with van der Waals surface area (Å²) in [6, 6.07) is 4.36. The van der Waals surface area contributed by atoms with Crippen LogP contribution in [0, 0.1) is 17.0 Å². The van der Waals surface area contributed by atoms with Gasteiger partial charge < -0.3 is 5.11 Å². The fourth-order valence-electron chi connectivity index (χ4n) is 1.48. The number of hydrogen-bond acceptors (Lipinski definition) is 6. The van der Waals surface area contributed by atoms with Crippen LogP contribution >= 0.6 is 11.8 Å². The average molecular weight is 291 g/mol. The first-order chi connectivity index (χ1) is 9.49. The van der Waals surface area contributed by atoms with Crippen molar-refractivity contribution in [2.24, 2.45) is 0 Å². The predicted octanol–water partition coefficient (Wildman–Crippen LogP) is 2.54. The Hall–Kier alpha value is -2.48. The van der Waals surface area contributed by atoms with Gasteiger partial charge in [-0.3, -0.25) is 10.1 Å². The molecule has 0 saturated carbocycles. The largest absolute Gasteiger partial charge is 0.478 e. The number of nitro groups is 1. The molecule has 0 saturated heterocycles. The summed E-state index contributed by atoms with van der Waals surface area (Å²) < 4.78 is 0. The normalized spacial score (nSPS) is 10.2. The summed E-state index contributed by atoms with van der Waals surface area (Å²) in [7, 11) is 0. The smallest absolute Gasteiger partial charge is 0.338 e. The van der Waals surface area contributed by atoms with Gasteiger partial charge in [0.25, 0.3) is 5.69 Å². The summed E-state index contributed by atoms with van der Waals surface area (Å²) >= 11 is 1.06. The van der Waals surface area contributed by atoms with Gasteiger partial charge in [-0.25, -0.2) is 14.8 Å². The number of hydrogen-bond donors (Lipinski definition) is 1. The Kier molecular flexibility index (Phi) is 3.94. The Labute approximate surface area is 117 Å². The van der Waals surface area contributed by atoms with E-state index in [2.05, 4.69) is 9.97 Å². The van der Waals surface area contributed by atoms with Gasteiger partial charge in [-0.2, -0.15) is 0 Å². The monoisotopic (exact) mass is 291 g/mol. The Morgan fingerprint density at radius 2 is 2.15 bits per heavy atom. The first-order valence-electron chi connectivity index (χ1n) is 5.46. The van der Waals surface area contributed by atoms with E-state index < -0.39 is 10.9 Å². The second kappa shape index (κ2) is 5.66. The molecule has 0 aromatic carbocycles. The van der Waals surface area contributed by atoms with Crippen molar-refractivity contribution < 1.29 is 14.8 Å². The van der Waals surface area contributed by atoms with Crippen LogP contribution in [0.2, 0.25) is 0 Å². The van der Waals surface area contributed by atoms with Crippen molar-refractivity contribution in [3.05, 3.63) is 51.8 Å². The van der Waals surface area contributed by atoms with Crippen molar-refractivity contribution in [2.45, 2.75) is 17.0 Å². The zero-order valence-corrected chi connectivity index (χ0v) is 11.1. The molecule has 1 N–H and O–H groups in total. The molecule has 0 amide bonds. The van der Waals surface area contributed by atoms with Crippen LogP contribution in [0.25, 0.3) is 0 Å². The predicted molar refractivity (Wildman–Crippen MR) is 70.9 cm³/mol. The average Bonchev–Trinajstić information content (AvgIpc) is 2.41. The zero-order chi connectivity index (χ0) is 14.7. The molecule has 0 unspecified atom stereocenters. The first-order valence-corrected chi connectivity index (χ1v) is 6.28. The van der Waals surface area contributed by atoms with E-state index in [1.165, 1.54) is 24.4 Å². The van der Waals surface area contributed by atoms with Crippen molar-refractivity contribution in [1.29, 1.82) is 0 Å². The summed E-state index contributed by atoms with van der Waals surface area (Å²) in [5.74, 6) is -1.08. The summed E-state index contributed by atoms with van der Waals surface area (Å²) in [6.45, 7) is 1.67. The lowest BCUT2D eigenvalue weighted by atomic mass is 10.3. The van der Waals surface area contributed by atoms with Crippen LogP contribution in [0.5, 0.6) is 0 Å². The molecule has 2 aromatic rings. The van der Waals surface area contributed by atoms with Gasteiger partial charge in [0.05, 0.1) is 10.5 Å². The molecule has 0 fully saturated rings. The number of carboxylic acids is 1. The lowest BCUT2D eigenvalue weighted by molar-refractivity contribution is -0.385. The van der Waals surface area contributed by atoms with Crippen LogP contribution in [-0.2, 0) is 0 Å². The van der Waals surface area contributed by atoms with Gasteiger partial charge in [0, 0.05) is 12.3 Å². The molecular formula is C12H9N3O4S. The van der Waals surface area contributed by atoms with Crippen LogP contribution in [0.15, 0.2) is 40.6 Å². The molecule has 2 heterocycles. The highest BCUT2D eigenvalue weighted by Crippen LogP contribution is 2.30. The summed E-state index contributed by atoms with van der Waals surface area (Å²) in [6.07, 6.45) is 2.62. The lowest BCUT2D eigenvalue weighted by Crippen LogP contribution is -2.01. The van der Waals surface area contributed by atoms with Gasteiger partial charge in [-0.1, -0.05) is 0 Å². The van der Waals surface area contributed by atoms with E-state index in [0.717, 1.165) is 18.0 Å². The number of rotatable bonds is 4. The van der Waals surface area contributed by atoms with E-state index in [9.17, 15) is 14.9 Å². The lowest BCUT2D eigenvalue weighted by Gasteiger charge is -2.05. The second-order valence-electron chi connectivity index (χ2n) is 3.84. The Bertz CT molecular complexity index is 690. The highest BCUT2D eigenvalue weighted by molar-refractivity contribution is 7.99. The molecule has 8 heteroatoms. The maximum atomic E-state index is 11.1. The van der Waals surface area contributed by atoms with Gasteiger partial charge >= 0.3 is 5.97 Å². The van der Waals surface area contributed by atoms with E-state index in [-0.39, 0.29) is 11.3 Å². The molecule has 0 aliphatic heterocycles. The zero-order valence-electron chi connectivity index (χ0n) is 10.3. The summed E-state index contributed by atoms with van der Waals surface area (Å²) in [4.78, 5) is 29.2. The molecule has 102 valence electrons. The first kappa shape index (κ1) is 13.9. The Morgan fingerprint density at radius 1 is 1.40 bits per heavy atom. The standard InChI is InChI=1S/C12H9N3O4S/c1-7-5-8(15(18)19)6-14-10(7)20-11-9(12(16)17)3-2-4-13-11/h2-6H,1H3,(H,16,17). The van der Waals surface area contributed by atoms with Crippen LogP contribution < -0.4 is 0 Å². The number of aromatic nitrogens is 2. The van der Waals surface area contributed by atoms with Crippen molar-refractivity contribution in [2.75, 3.05) is 0 Å². The SMILES string of the molecule is Cc1cc([N+](=O)[O-])cnc1Sc1ncccc1C(=O)O. The maximum absolute atomic E-state index is 11.1. The van der Waals surface area contributed by atoms with E-state index in [4.69, 9.17) is 5.11 Å². The van der Waals surface area contributed by atoms with Crippen molar-refractivity contribution >= 4 is 23.4 Å². The molecule has 0 bridgehead atoms. The highest BCUT2D eigenvalue weighted by Gasteiger charge is 2.15. The third-order valence-electron chi connectivity index (χ3n) is 2.42. The third-order valence-corrected chi connectivity index (χ3v) is 3.56. The van der Waals surface area contributed by atoms with Gasteiger partial charge in [0.1, 0.15) is 16.2 Å². The van der Waals surface area contributed by atoms with Crippen LogP contribution in [0.3, 0.4) is 0 Å². The fourth-order valence-corrected chi connectivity index (χ4v) is 2.37. The maximum Gasteiger partial charge on any atom is 0.338 e. The Balaban J connectivity index is 2.36. The minimum Gasteiger partial charge on any atom is -0.478 e. The molecular weight excluding hydrogens is 282 g/mol. The molecule has 0 atom stereocenters. The van der Waals surface area contributed by atoms with Crippen LogP contribution in [-0.4, -0.2) is 26.0 Å². The number of pyridine rings is 2. The van der Waals surface area contributed by atoms with E-state index in [1.807, 2.05) is 0 Å². The van der Waals surface area contributed by atoms with Crippen molar-refractivity contribution in [3.8, 4) is 0 Å². The third kappa shape index (κ3) is 2.91. The highest BCUT2D eigenvalue weighted by atomic mass is 32.2. The molecule has 2 aromatic heterocycles. The van der Waals surface area contributed by atoms with Crippen LogP contribution in [0.4, 0.5) is 5.69 Å². The fraction of sp³-hybridized carbons (Fsp3) is 0.0833. The van der Waals surface area contributed by atoms with Crippen molar-refractivity contribution in [3.63, 3.8) is 0 Å². The number of carboxylic acid groups (broad SMARTS) is 1. The molecule has 7 nitrogen and oxygen atoms in total. The van der Waals surface area contributed by atoms with Gasteiger partial charge in [0.2, 0.25) is 0 Å². The van der Waals surface area contributed by atoms with E-state index in [1.54, 1.807) is 6.92 Å². The molecule has 0 radical (unpaired) electrons. The van der Waals surface area contributed by atoms with Gasteiger partial charge in [-0.05, 0) is 36.4 Å². The molecule has 0 aliphatic rings. The topological polar surface area (TPSA) is 106 Å². The summed E-state index contributed by atoms with van der Waals surface area (Å²) in [5.41, 5.74) is 0.551. The van der Waals surface area contributed by atoms with E-state index >= 15 is 0 Å². The minimum absolute atomic E-state index is 0.0667. The van der Waals surface area contributed by atoms with Crippen molar-refractivity contribution in [1.82, 2.24) is 9.97 Å². The second-order valence-corrected chi connectivity index (χ2v) is 4.81. The molecule has 0 spiro atoms. The number of carbonyl (C=O) groups is 1. The van der Waals surface area contributed by atoms with Crippen LogP contribution in [0.1, 0.15) is 15.9 Å². The minimum atomic E-state index is -1.08. The van der Waals surface area contributed by atoms with Gasteiger partial charge in [-0.15, -0.1) is 0 Å². The summed E-state index contributed by atoms with van der Waals surface area (Å²) in [5, 5.41) is 20.5. The quantitative estimate of drug-likeness (QED) is 0.681. The van der Waals surface area contributed by atoms with E-state index in [0.29, 0.717) is 15.6 Å². The molecule has 20 heavy (non-hydrogen) atoms. The number of nitrogens with zero attached hydrogens (tertiary/aromatic N) is 3. The Morgan fingerprint density at radius 3 is 2.75 bits per heavy atom. The number of aryl methyl sites for hydroxylation is 1. The number of aromatic carboxylic acids is 1. The molecule has 0 aliphatic carbocycles.